The van der Waals surface area contributed by atoms with Crippen LogP contribution < -0.4 is 0 Å². The van der Waals surface area contributed by atoms with Gasteiger partial charge in [0.15, 0.2) is 4.77 Å². The maximum absolute atomic E-state index is 5.59. The molecule has 0 aromatic carbocycles. The fraction of sp³-hybridized carbons (Fsp3) is 0.714. The Kier molecular flexibility index (Phi) is 3.58. The topological polar surface area (TPSA) is 26.0 Å². The molecular weight excluding hydrogens is 256 g/mol. The van der Waals surface area contributed by atoms with Gasteiger partial charge in [-0.15, -0.1) is 6.58 Å². The minimum atomic E-state index is 0.624. The molecule has 5 heteroatoms. The molecule has 0 radical (unpaired) electrons. The molecular formula is C14H22N4S. The van der Waals surface area contributed by atoms with Crippen molar-refractivity contribution < 1.29 is 0 Å². The molecule has 2 aliphatic rings. The van der Waals surface area contributed by atoms with Gasteiger partial charge in [0.05, 0.1) is 6.67 Å². The van der Waals surface area contributed by atoms with Gasteiger partial charge in [0.1, 0.15) is 5.82 Å². The van der Waals surface area contributed by atoms with Crippen LogP contribution in [0.25, 0.3) is 0 Å². The van der Waals surface area contributed by atoms with Crippen molar-refractivity contribution in [2.45, 2.75) is 57.8 Å². The molecule has 0 N–H and O–H groups in total. The van der Waals surface area contributed by atoms with Crippen LogP contribution in [0.5, 0.6) is 0 Å². The zero-order valence-corrected chi connectivity index (χ0v) is 12.4. The van der Waals surface area contributed by atoms with Crippen LogP contribution in [-0.2, 0) is 13.2 Å². The molecule has 0 amide bonds. The number of allylic oxidation sites excluding steroid dienone is 1. The predicted octanol–water partition coefficient (Wildman–Crippen LogP) is 2.92. The quantitative estimate of drug-likeness (QED) is 0.566. The Balaban J connectivity index is 1.85. The highest BCUT2D eigenvalue weighted by molar-refractivity contribution is 7.71. The van der Waals surface area contributed by atoms with E-state index in [1.165, 1.54) is 25.7 Å². The fourth-order valence-corrected chi connectivity index (χ4v) is 2.85. The molecule has 0 aliphatic heterocycles. The number of rotatable bonds is 7. The molecule has 19 heavy (non-hydrogen) atoms. The maximum atomic E-state index is 5.59. The van der Waals surface area contributed by atoms with Crippen LogP contribution in [0.3, 0.4) is 0 Å². The average Bonchev–Trinajstić information content (AvgIpc) is 3.27. The third-order valence-corrected chi connectivity index (χ3v) is 4.42. The first-order valence-corrected chi connectivity index (χ1v) is 7.68. The van der Waals surface area contributed by atoms with E-state index in [-0.39, 0.29) is 0 Å². The van der Waals surface area contributed by atoms with Crippen molar-refractivity contribution in [1.29, 1.82) is 0 Å². The van der Waals surface area contributed by atoms with Gasteiger partial charge in [-0.25, -0.2) is 4.68 Å². The van der Waals surface area contributed by atoms with Gasteiger partial charge in [0.25, 0.3) is 0 Å². The van der Waals surface area contributed by atoms with E-state index in [1.54, 1.807) is 0 Å². The predicted molar refractivity (Wildman–Crippen MR) is 78.6 cm³/mol. The minimum Gasteiger partial charge on any atom is -0.300 e. The van der Waals surface area contributed by atoms with Gasteiger partial charge in [-0.05, 0) is 44.4 Å². The lowest BCUT2D eigenvalue weighted by Gasteiger charge is -2.19. The molecule has 0 spiro atoms. The third-order valence-electron chi connectivity index (χ3n) is 3.99. The molecule has 2 fully saturated rings. The lowest BCUT2D eigenvalue weighted by molar-refractivity contribution is 0.205. The summed E-state index contributed by atoms with van der Waals surface area (Å²) in [4.78, 5) is 2.47. The first-order valence-electron chi connectivity index (χ1n) is 7.27. The summed E-state index contributed by atoms with van der Waals surface area (Å²) in [6.07, 6.45) is 7.06. The highest BCUT2D eigenvalue weighted by atomic mass is 32.1. The van der Waals surface area contributed by atoms with Crippen LogP contribution in [0.15, 0.2) is 12.7 Å². The number of hydrogen-bond donors (Lipinski definition) is 0. The largest absolute Gasteiger partial charge is 0.300 e. The summed E-state index contributed by atoms with van der Waals surface area (Å²) < 4.78 is 5.01. The fourth-order valence-electron chi connectivity index (χ4n) is 2.58. The van der Waals surface area contributed by atoms with Crippen LogP contribution >= 0.6 is 12.2 Å². The van der Waals surface area contributed by atoms with Crippen LogP contribution in [0.2, 0.25) is 0 Å². The summed E-state index contributed by atoms with van der Waals surface area (Å²) in [5.41, 5.74) is 0. The van der Waals surface area contributed by atoms with Crippen LogP contribution in [0.4, 0.5) is 0 Å². The van der Waals surface area contributed by atoms with Crippen LogP contribution in [0, 0.1) is 4.77 Å². The summed E-state index contributed by atoms with van der Waals surface area (Å²) in [5.74, 6) is 1.79. The normalized spacial score (nSPS) is 19.1. The summed E-state index contributed by atoms with van der Waals surface area (Å²) >= 11 is 5.59. The van der Waals surface area contributed by atoms with Gasteiger partial charge >= 0.3 is 0 Å². The highest BCUT2D eigenvalue weighted by Crippen LogP contribution is 2.39. The van der Waals surface area contributed by atoms with E-state index in [2.05, 4.69) is 23.0 Å². The van der Waals surface area contributed by atoms with Crippen molar-refractivity contribution in [2.24, 2.45) is 0 Å². The second-order valence-electron chi connectivity index (χ2n) is 5.59. The van der Waals surface area contributed by atoms with E-state index in [1.807, 2.05) is 10.8 Å². The van der Waals surface area contributed by atoms with Crippen molar-refractivity contribution in [3.63, 3.8) is 0 Å². The van der Waals surface area contributed by atoms with Crippen molar-refractivity contribution in [2.75, 3.05) is 6.54 Å². The molecule has 1 aromatic heterocycles. The molecule has 3 rings (SSSR count). The standard InChI is InChI=1S/C14H22N4S/c1-3-9-17-13(11-5-6-11)15-18(14(17)19)10-16(4-2)12-7-8-12/h3,11-12H,1,4-10H2,2H3. The number of aromatic nitrogens is 3. The van der Waals surface area contributed by atoms with E-state index < -0.39 is 0 Å². The molecule has 0 unspecified atom stereocenters. The summed E-state index contributed by atoms with van der Waals surface area (Å²) in [6, 6.07) is 0.751. The van der Waals surface area contributed by atoms with E-state index in [0.717, 1.165) is 36.4 Å². The Hall–Kier alpha value is -0.940. The summed E-state index contributed by atoms with van der Waals surface area (Å²) in [6.45, 7) is 8.72. The first kappa shape index (κ1) is 13.1. The lowest BCUT2D eigenvalue weighted by atomic mass is 10.4. The Bertz CT molecular complexity index is 522. The molecule has 0 bridgehead atoms. The number of hydrogen-bond acceptors (Lipinski definition) is 3. The zero-order chi connectivity index (χ0) is 13.4. The summed E-state index contributed by atoms with van der Waals surface area (Å²) in [5, 5.41) is 4.77. The van der Waals surface area contributed by atoms with E-state index in [0.29, 0.717) is 5.92 Å². The maximum Gasteiger partial charge on any atom is 0.199 e. The third kappa shape index (κ3) is 2.67. The van der Waals surface area contributed by atoms with Crippen molar-refractivity contribution in [3.8, 4) is 0 Å². The molecule has 2 aliphatic carbocycles. The van der Waals surface area contributed by atoms with Gasteiger partial charge in [0, 0.05) is 18.5 Å². The van der Waals surface area contributed by atoms with E-state index in [9.17, 15) is 0 Å². The second kappa shape index (κ2) is 5.21. The van der Waals surface area contributed by atoms with Gasteiger partial charge in [-0.1, -0.05) is 13.0 Å². The number of nitrogens with zero attached hydrogens (tertiary/aromatic N) is 4. The Morgan fingerprint density at radius 2 is 2.16 bits per heavy atom. The van der Waals surface area contributed by atoms with Crippen LogP contribution in [-0.4, -0.2) is 31.8 Å². The first-order chi connectivity index (χ1) is 9.24. The molecule has 104 valence electrons. The smallest absolute Gasteiger partial charge is 0.199 e. The monoisotopic (exact) mass is 278 g/mol. The van der Waals surface area contributed by atoms with Crippen molar-refractivity contribution in [3.05, 3.63) is 23.3 Å². The molecule has 4 nitrogen and oxygen atoms in total. The van der Waals surface area contributed by atoms with E-state index in [4.69, 9.17) is 17.3 Å². The van der Waals surface area contributed by atoms with Crippen LogP contribution in [0.1, 0.15) is 44.3 Å². The van der Waals surface area contributed by atoms with Gasteiger partial charge < -0.3 is 0 Å². The summed E-state index contributed by atoms with van der Waals surface area (Å²) in [7, 11) is 0. The zero-order valence-electron chi connectivity index (χ0n) is 11.6. The average molecular weight is 278 g/mol. The lowest BCUT2D eigenvalue weighted by Crippen LogP contribution is -2.29. The van der Waals surface area contributed by atoms with Gasteiger partial charge in [0.2, 0.25) is 0 Å². The molecule has 0 saturated heterocycles. The molecule has 0 atom stereocenters. The van der Waals surface area contributed by atoms with Gasteiger partial charge in [-0.3, -0.25) is 9.47 Å². The van der Waals surface area contributed by atoms with Crippen molar-refractivity contribution in [1.82, 2.24) is 19.2 Å². The SMILES string of the molecule is C=CCn1c(C2CC2)nn(CN(CC)C2CC2)c1=S. The Morgan fingerprint density at radius 3 is 2.68 bits per heavy atom. The van der Waals surface area contributed by atoms with Gasteiger partial charge in [-0.2, -0.15) is 5.10 Å². The van der Waals surface area contributed by atoms with E-state index >= 15 is 0 Å². The molecule has 1 aromatic rings. The highest BCUT2D eigenvalue weighted by Gasteiger charge is 2.31. The molecule has 2 saturated carbocycles. The molecule has 1 heterocycles. The minimum absolute atomic E-state index is 0.624. The Labute approximate surface area is 119 Å². The second-order valence-corrected chi connectivity index (χ2v) is 5.96. The Morgan fingerprint density at radius 1 is 1.42 bits per heavy atom. The van der Waals surface area contributed by atoms with Crippen molar-refractivity contribution >= 4 is 12.2 Å².